The van der Waals surface area contributed by atoms with E-state index in [4.69, 9.17) is 5.26 Å². The van der Waals surface area contributed by atoms with Crippen LogP contribution in [0.25, 0.3) is 0 Å². The van der Waals surface area contributed by atoms with Crippen LogP contribution in [0.5, 0.6) is 0 Å². The van der Waals surface area contributed by atoms with Crippen LogP contribution >= 0.6 is 0 Å². The van der Waals surface area contributed by atoms with E-state index in [-0.39, 0.29) is 12.1 Å². The normalized spacial score (nSPS) is 24.1. The van der Waals surface area contributed by atoms with Crippen LogP contribution in [-0.4, -0.2) is 24.3 Å². The number of anilines is 1. The van der Waals surface area contributed by atoms with E-state index in [0.717, 1.165) is 24.9 Å². The maximum absolute atomic E-state index is 9.84. The number of likely N-dealkylation sites (N-methyl/N-ethyl adjacent to an activating group) is 1. The Bertz CT molecular complexity index is 411. The number of aliphatic hydroxyl groups excluding tert-OH is 1. The van der Waals surface area contributed by atoms with Crippen LogP contribution in [0.2, 0.25) is 0 Å². The van der Waals surface area contributed by atoms with Gasteiger partial charge >= 0.3 is 0 Å². The Morgan fingerprint density at radius 1 is 1.44 bits per heavy atom. The molecule has 1 aliphatic rings. The van der Waals surface area contributed by atoms with Gasteiger partial charge in [-0.05, 0) is 37.5 Å². The molecule has 0 radical (unpaired) electrons. The summed E-state index contributed by atoms with van der Waals surface area (Å²) in [5, 5.41) is 18.7. The summed E-state index contributed by atoms with van der Waals surface area (Å²) in [4.78, 5) is 2.08. The standard InChI is InChI=1S/C13H16N2O/c1-15(12-6-3-7-13(12)16)11-5-2-4-10(8-11)9-14/h2,4-5,8,12-13,16H,3,6-7H2,1H3/t12-,13-/m0/s1. The van der Waals surface area contributed by atoms with Gasteiger partial charge in [0.15, 0.2) is 0 Å². The van der Waals surface area contributed by atoms with Gasteiger partial charge in [0.05, 0.1) is 23.8 Å². The molecule has 0 bridgehead atoms. The summed E-state index contributed by atoms with van der Waals surface area (Å²) in [6.45, 7) is 0. The highest BCUT2D eigenvalue weighted by molar-refractivity contribution is 5.52. The van der Waals surface area contributed by atoms with Crippen LogP contribution in [0.15, 0.2) is 24.3 Å². The summed E-state index contributed by atoms with van der Waals surface area (Å²) >= 11 is 0. The molecular weight excluding hydrogens is 200 g/mol. The van der Waals surface area contributed by atoms with Crippen molar-refractivity contribution in [1.82, 2.24) is 0 Å². The van der Waals surface area contributed by atoms with Gasteiger partial charge in [-0.15, -0.1) is 0 Å². The molecule has 84 valence electrons. The molecule has 2 rings (SSSR count). The number of hydrogen-bond acceptors (Lipinski definition) is 3. The van der Waals surface area contributed by atoms with Crippen LogP contribution in [0, 0.1) is 11.3 Å². The van der Waals surface area contributed by atoms with E-state index in [0.29, 0.717) is 5.56 Å². The minimum atomic E-state index is -0.240. The third kappa shape index (κ3) is 2.02. The molecular formula is C13H16N2O. The lowest BCUT2D eigenvalue weighted by molar-refractivity contribution is 0.163. The molecule has 1 saturated carbocycles. The Morgan fingerprint density at radius 2 is 2.25 bits per heavy atom. The van der Waals surface area contributed by atoms with Crippen LogP contribution in [0.4, 0.5) is 5.69 Å². The van der Waals surface area contributed by atoms with Gasteiger partial charge in [0.1, 0.15) is 0 Å². The first kappa shape index (κ1) is 11.0. The number of aliphatic hydroxyl groups is 1. The van der Waals surface area contributed by atoms with Gasteiger partial charge in [-0.3, -0.25) is 0 Å². The highest BCUT2D eigenvalue weighted by atomic mass is 16.3. The SMILES string of the molecule is CN(c1cccc(C#N)c1)[C@H]1CCC[C@@H]1O. The predicted octanol–water partition coefficient (Wildman–Crippen LogP) is 1.91. The van der Waals surface area contributed by atoms with Crippen LogP contribution in [0.1, 0.15) is 24.8 Å². The fourth-order valence-corrected chi connectivity index (χ4v) is 2.36. The molecule has 16 heavy (non-hydrogen) atoms. The molecule has 1 aromatic rings. The highest BCUT2D eigenvalue weighted by Gasteiger charge is 2.28. The Kier molecular flexibility index (Phi) is 3.12. The second-order valence-electron chi connectivity index (χ2n) is 4.34. The van der Waals surface area contributed by atoms with Crippen molar-refractivity contribution in [3.63, 3.8) is 0 Å². The fraction of sp³-hybridized carbons (Fsp3) is 0.462. The molecule has 1 N–H and O–H groups in total. The first-order chi connectivity index (χ1) is 7.72. The summed E-state index contributed by atoms with van der Waals surface area (Å²) < 4.78 is 0. The number of benzene rings is 1. The minimum Gasteiger partial charge on any atom is -0.391 e. The van der Waals surface area contributed by atoms with Gasteiger partial charge in [0, 0.05) is 12.7 Å². The van der Waals surface area contributed by atoms with Crippen molar-refractivity contribution in [2.24, 2.45) is 0 Å². The number of nitrogens with zero attached hydrogens (tertiary/aromatic N) is 2. The van der Waals surface area contributed by atoms with E-state index in [1.807, 2.05) is 25.2 Å². The van der Waals surface area contributed by atoms with Crippen LogP contribution in [0.3, 0.4) is 0 Å². The number of nitriles is 1. The van der Waals surface area contributed by atoms with Crippen molar-refractivity contribution < 1.29 is 5.11 Å². The topological polar surface area (TPSA) is 47.3 Å². The van der Waals surface area contributed by atoms with Crippen molar-refractivity contribution in [3.05, 3.63) is 29.8 Å². The van der Waals surface area contributed by atoms with E-state index in [1.54, 1.807) is 6.07 Å². The van der Waals surface area contributed by atoms with Crippen molar-refractivity contribution in [3.8, 4) is 6.07 Å². The Morgan fingerprint density at radius 3 is 2.88 bits per heavy atom. The molecule has 0 aromatic heterocycles. The fourth-order valence-electron chi connectivity index (χ4n) is 2.36. The molecule has 0 aliphatic heterocycles. The molecule has 2 atom stereocenters. The van der Waals surface area contributed by atoms with Gasteiger partial charge in [0.25, 0.3) is 0 Å². The van der Waals surface area contributed by atoms with Gasteiger partial charge in [0.2, 0.25) is 0 Å². The van der Waals surface area contributed by atoms with Crippen LogP contribution < -0.4 is 4.90 Å². The maximum Gasteiger partial charge on any atom is 0.0992 e. The molecule has 0 amide bonds. The smallest absolute Gasteiger partial charge is 0.0992 e. The second-order valence-corrected chi connectivity index (χ2v) is 4.34. The Balaban J connectivity index is 2.20. The average Bonchev–Trinajstić information content (AvgIpc) is 2.74. The van der Waals surface area contributed by atoms with Crippen LogP contribution in [-0.2, 0) is 0 Å². The zero-order valence-corrected chi connectivity index (χ0v) is 9.43. The molecule has 0 heterocycles. The monoisotopic (exact) mass is 216 g/mol. The first-order valence-corrected chi connectivity index (χ1v) is 5.63. The second kappa shape index (κ2) is 4.54. The molecule has 0 spiro atoms. The third-order valence-electron chi connectivity index (χ3n) is 3.32. The lowest BCUT2D eigenvalue weighted by Crippen LogP contribution is -2.37. The molecule has 3 nitrogen and oxygen atoms in total. The third-order valence-corrected chi connectivity index (χ3v) is 3.32. The lowest BCUT2D eigenvalue weighted by atomic mass is 10.1. The molecule has 1 aliphatic carbocycles. The zero-order chi connectivity index (χ0) is 11.5. The maximum atomic E-state index is 9.84. The first-order valence-electron chi connectivity index (χ1n) is 5.63. The van der Waals surface area contributed by atoms with E-state index in [9.17, 15) is 5.11 Å². The molecule has 0 unspecified atom stereocenters. The molecule has 1 aromatic carbocycles. The predicted molar refractivity (Wildman–Crippen MR) is 63.2 cm³/mol. The van der Waals surface area contributed by atoms with E-state index >= 15 is 0 Å². The summed E-state index contributed by atoms with van der Waals surface area (Å²) in [5.41, 5.74) is 1.67. The number of hydrogen-bond donors (Lipinski definition) is 1. The molecule has 3 heteroatoms. The largest absolute Gasteiger partial charge is 0.391 e. The summed E-state index contributed by atoms with van der Waals surface area (Å²) in [6, 6.07) is 9.84. The Labute approximate surface area is 95.9 Å². The quantitative estimate of drug-likeness (QED) is 0.821. The highest BCUT2D eigenvalue weighted by Crippen LogP contribution is 2.27. The van der Waals surface area contributed by atoms with Gasteiger partial charge < -0.3 is 10.0 Å². The average molecular weight is 216 g/mol. The van der Waals surface area contributed by atoms with E-state index < -0.39 is 0 Å². The van der Waals surface area contributed by atoms with Crippen molar-refractivity contribution in [2.45, 2.75) is 31.4 Å². The minimum absolute atomic E-state index is 0.189. The lowest BCUT2D eigenvalue weighted by Gasteiger charge is -2.29. The van der Waals surface area contributed by atoms with E-state index in [1.165, 1.54) is 0 Å². The van der Waals surface area contributed by atoms with Crippen molar-refractivity contribution in [2.75, 3.05) is 11.9 Å². The van der Waals surface area contributed by atoms with Crippen molar-refractivity contribution >= 4 is 5.69 Å². The summed E-state index contributed by atoms with van der Waals surface area (Å²) in [5.74, 6) is 0. The van der Waals surface area contributed by atoms with Gasteiger partial charge in [-0.2, -0.15) is 5.26 Å². The van der Waals surface area contributed by atoms with Gasteiger partial charge in [-0.25, -0.2) is 0 Å². The van der Waals surface area contributed by atoms with E-state index in [2.05, 4.69) is 11.0 Å². The number of rotatable bonds is 2. The van der Waals surface area contributed by atoms with Gasteiger partial charge in [-0.1, -0.05) is 6.07 Å². The summed E-state index contributed by atoms with van der Waals surface area (Å²) in [7, 11) is 1.98. The summed E-state index contributed by atoms with van der Waals surface area (Å²) in [6.07, 6.45) is 2.74. The Hall–Kier alpha value is -1.53. The molecule has 1 fully saturated rings. The molecule has 0 saturated heterocycles. The van der Waals surface area contributed by atoms with Crippen molar-refractivity contribution in [1.29, 1.82) is 5.26 Å². The zero-order valence-electron chi connectivity index (χ0n) is 9.43.